The predicted molar refractivity (Wildman–Crippen MR) is 163 cm³/mol. The number of aliphatic hydroxyl groups is 1. The van der Waals surface area contributed by atoms with Gasteiger partial charge in [-0.3, -0.25) is 24.5 Å². The van der Waals surface area contributed by atoms with E-state index in [1.165, 1.54) is 42.4 Å². The van der Waals surface area contributed by atoms with E-state index >= 15 is 0 Å². The lowest BCUT2D eigenvalue weighted by Crippen LogP contribution is -2.86. The number of benzene rings is 3. The van der Waals surface area contributed by atoms with Gasteiger partial charge in [0.1, 0.15) is 17.9 Å². The van der Waals surface area contributed by atoms with Crippen LogP contribution in [0.1, 0.15) is 29.8 Å². The maximum absolute atomic E-state index is 14.8. The minimum atomic E-state index is -2.61. The summed E-state index contributed by atoms with van der Waals surface area (Å²) in [7, 11) is 1.50. The van der Waals surface area contributed by atoms with Gasteiger partial charge >= 0.3 is 0 Å². The molecule has 13 nitrogen and oxygen atoms in total. The van der Waals surface area contributed by atoms with Crippen molar-refractivity contribution >= 4 is 34.8 Å². The maximum Gasteiger partial charge on any atom is 0.274 e. The molecule has 3 aliphatic rings. The Morgan fingerprint density at radius 1 is 1.09 bits per heavy atom. The van der Waals surface area contributed by atoms with Crippen molar-refractivity contribution in [2.75, 3.05) is 30.1 Å². The molecule has 238 valence electrons. The van der Waals surface area contributed by atoms with Crippen LogP contribution < -0.4 is 14.5 Å². The van der Waals surface area contributed by atoms with E-state index in [0.29, 0.717) is 11.4 Å². The number of imide groups is 1. The number of ether oxygens (including phenoxy) is 4. The standard InChI is InChI=1S/C33H31N3O10/c1-5-18-44-33(24-8-6-7-9-25(24)35(30(33)39)28(37)20-10-12-22(13-11-20)36(41)42)32(40)27(26-19-45-31(2,3)46-26)34(29(32)38)21-14-16-23(43-4)17-15-21/h5-17,26-27,40H,1,18-19H2,2-4H3/t26-,27+,32-,33+/m1/s1. The third-order valence-electron chi connectivity index (χ3n) is 8.50. The molecule has 4 atom stereocenters. The number of carbonyl (C=O) groups excluding carboxylic acids is 3. The Labute approximate surface area is 263 Å². The predicted octanol–water partition coefficient (Wildman–Crippen LogP) is 3.49. The fourth-order valence-corrected chi connectivity index (χ4v) is 6.45. The molecule has 3 aliphatic heterocycles. The van der Waals surface area contributed by atoms with Crippen LogP contribution in [-0.2, 0) is 29.4 Å². The van der Waals surface area contributed by atoms with Crippen molar-refractivity contribution in [1.82, 2.24) is 0 Å². The summed E-state index contributed by atoms with van der Waals surface area (Å²) in [6.45, 7) is 6.76. The van der Waals surface area contributed by atoms with Crippen LogP contribution in [0.4, 0.5) is 17.1 Å². The van der Waals surface area contributed by atoms with Crippen LogP contribution in [0.5, 0.6) is 5.75 Å². The monoisotopic (exact) mass is 629 g/mol. The van der Waals surface area contributed by atoms with Gasteiger partial charge < -0.3 is 29.0 Å². The number of nitro groups is 1. The largest absolute Gasteiger partial charge is 0.497 e. The third kappa shape index (κ3) is 4.42. The molecule has 3 aromatic carbocycles. The lowest BCUT2D eigenvalue weighted by molar-refractivity contribution is -0.384. The Kier molecular flexibility index (Phi) is 7.52. The minimum Gasteiger partial charge on any atom is -0.497 e. The number of carbonyl (C=O) groups is 3. The van der Waals surface area contributed by atoms with Gasteiger partial charge in [0.25, 0.3) is 23.4 Å². The molecule has 0 bridgehead atoms. The Hall–Kier alpha value is -4.95. The number of nitrogens with zero attached hydrogens (tertiary/aromatic N) is 3. The summed E-state index contributed by atoms with van der Waals surface area (Å²) in [5.41, 5.74) is -4.78. The van der Waals surface area contributed by atoms with Crippen molar-refractivity contribution in [2.24, 2.45) is 0 Å². The van der Waals surface area contributed by atoms with Crippen molar-refractivity contribution < 1.29 is 43.4 Å². The van der Waals surface area contributed by atoms with Gasteiger partial charge in [0.2, 0.25) is 11.2 Å². The number of hydrogen-bond acceptors (Lipinski definition) is 10. The van der Waals surface area contributed by atoms with E-state index in [2.05, 4.69) is 6.58 Å². The fraction of sp³-hybridized carbons (Fsp3) is 0.303. The van der Waals surface area contributed by atoms with Gasteiger partial charge in [-0.2, -0.15) is 0 Å². The number of para-hydroxylation sites is 1. The number of non-ortho nitro benzene ring substituents is 1. The van der Waals surface area contributed by atoms with Crippen LogP contribution in [0.2, 0.25) is 0 Å². The zero-order valence-electron chi connectivity index (χ0n) is 25.2. The van der Waals surface area contributed by atoms with Crippen molar-refractivity contribution in [1.29, 1.82) is 0 Å². The average molecular weight is 630 g/mol. The molecule has 3 heterocycles. The highest BCUT2D eigenvalue weighted by Crippen LogP contribution is 2.57. The summed E-state index contributed by atoms with van der Waals surface area (Å²) in [6.07, 6.45) is 0.433. The first-order valence-electron chi connectivity index (χ1n) is 14.4. The fourth-order valence-electron chi connectivity index (χ4n) is 6.45. The first-order chi connectivity index (χ1) is 21.9. The summed E-state index contributed by atoms with van der Waals surface area (Å²) < 4.78 is 23.5. The molecule has 0 aromatic heterocycles. The summed E-state index contributed by atoms with van der Waals surface area (Å²) >= 11 is 0. The molecule has 2 fully saturated rings. The Bertz CT molecular complexity index is 1740. The topological polar surface area (TPSA) is 158 Å². The average Bonchev–Trinajstić information content (AvgIpc) is 3.54. The van der Waals surface area contributed by atoms with Gasteiger partial charge in [-0.25, -0.2) is 4.90 Å². The van der Waals surface area contributed by atoms with Crippen LogP contribution in [0.25, 0.3) is 0 Å². The number of amides is 3. The van der Waals surface area contributed by atoms with Gasteiger partial charge in [0.05, 0.1) is 30.9 Å². The molecular weight excluding hydrogens is 598 g/mol. The molecule has 2 saturated heterocycles. The second-order valence-corrected chi connectivity index (χ2v) is 11.5. The molecule has 46 heavy (non-hydrogen) atoms. The van der Waals surface area contributed by atoms with E-state index in [0.717, 1.165) is 17.0 Å². The molecule has 3 aromatic rings. The Morgan fingerprint density at radius 3 is 2.35 bits per heavy atom. The zero-order valence-corrected chi connectivity index (χ0v) is 25.2. The van der Waals surface area contributed by atoms with Crippen LogP contribution in [-0.4, -0.2) is 71.6 Å². The molecule has 0 unspecified atom stereocenters. The molecular formula is C33H31N3O10. The quantitative estimate of drug-likeness (QED) is 0.122. The van der Waals surface area contributed by atoms with E-state index in [-0.39, 0.29) is 35.7 Å². The Balaban J connectivity index is 1.52. The third-order valence-corrected chi connectivity index (χ3v) is 8.50. The highest BCUT2D eigenvalue weighted by Gasteiger charge is 2.80. The molecule has 0 radical (unpaired) electrons. The van der Waals surface area contributed by atoms with Gasteiger partial charge in [0, 0.05) is 28.9 Å². The smallest absolute Gasteiger partial charge is 0.274 e. The van der Waals surface area contributed by atoms with Crippen LogP contribution in [0, 0.1) is 10.1 Å². The number of anilines is 2. The molecule has 13 heteroatoms. The lowest BCUT2D eigenvalue weighted by Gasteiger charge is -2.59. The number of fused-ring (bicyclic) bond motifs is 1. The second kappa shape index (κ2) is 11.1. The molecule has 3 amide bonds. The normalized spacial score (nSPS) is 26.4. The molecule has 1 N–H and O–H groups in total. The lowest BCUT2D eigenvalue weighted by atomic mass is 9.64. The van der Waals surface area contributed by atoms with Crippen molar-refractivity contribution in [3.63, 3.8) is 0 Å². The number of β-lactam (4-membered cyclic amide) rings is 1. The van der Waals surface area contributed by atoms with Crippen molar-refractivity contribution in [3.05, 3.63) is 107 Å². The van der Waals surface area contributed by atoms with E-state index < -0.39 is 51.8 Å². The number of rotatable bonds is 9. The van der Waals surface area contributed by atoms with E-state index in [4.69, 9.17) is 18.9 Å². The first kappa shape index (κ1) is 31.0. The van der Waals surface area contributed by atoms with Gasteiger partial charge in [-0.05, 0) is 56.3 Å². The van der Waals surface area contributed by atoms with Gasteiger partial charge in [-0.15, -0.1) is 6.58 Å². The highest BCUT2D eigenvalue weighted by molar-refractivity contribution is 6.29. The van der Waals surface area contributed by atoms with Crippen LogP contribution >= 0.6 is 0 Å². The first-order valence-corrected chi connectivity index (χ1v) is 14.4. The van der Waals surface area contributed by atoms with Crippen LogP contribution in [0.3, 0.4) is 0 Å². The summed E-state index contributed by atoms with van der Waals surface area (Å²) in [5.74, 6) is -3.26. The summed E-state index contributed by atoms with van der Waals surface area (Å²) in [6, 6.07) is 16.3. The SMILES string of the molecule is C=CCO[C@]1([C@]2(O)C(=O)N(c3ccc(OC)cc3)[C@H]2[C@H]2COC(C)(C)O2)C(=O)N(C(=O)c2ccc([N+](=O)[O-])cc2)c2ccccc21. The molecule has 0 saturated carbocycles. The van der Waals surface area contributed by atoms with E-state index in [1.807, 2.05) is 0 Å². The van der Waals surface area contributed by atoms with Crippen LogP contribution in [0.15, 0.2) is 85.5 Å². The molecule has 0 aliphatic carbocycles. The minimum absolute atomic E-state index is 0.0290. The van der Waals surface area contributed by atoms with Gasteiger partial charge in [0.15, 0.2) is 5.79 Å². The number of methoxy groups -OCH3 is 1. The number of hydrogen-bond donors (Lipinski definition) is 1. The number of nitro benzene ring substituents is 1. The summed E-state index contributed by atoms with van der Waals surface area (Å²) in [5, 5.41) is 24.0. The molecule has 6 rings (SSSR count). The zero-order chi connectivity index (χ0) is 33.0. The molecule has 0 spiro atoms. The van der Waals surface area contributed by atoms with Crippen molar-refractivity contribution in [2.45, 2.75) is 43.0 Å². The van der Waals surface area contributed by atoms with E-state index in [9.17, 15) is 29.6 Å². The second-order valence-electron chi connectivity index (χ2n) is 11.5. The van der Waals surface area contributed by atoms with Crippen molar-refractivity contribution in [3.8, 4) is 5.75 Å². The van der Waals surface area contributed by atoms with Gasteiger partial charge in [-0.1, -0.05) is 24.3 Å². The Morgan fingerprint density at radius 2 is 1.76 bits per heavy atom. The van der Waals surface area contributed by atoms with E-state index in [1.54, 1.807) is 50.2 Å². The highest BCUT2D eigenvalue weighted by atomic mass is 16.7. The summed E-state index contributed by atoms with van der Waals surface area (Å²) in [4.78, 5) is 56.0. The maximum atomic E-state index is 14.8.